The van der Waals surface area contributed by atoms with Crippen LogP contribution in [0.1, 0.15) is 5.56 Å². The summed E-state index contributed by atoms with van der Waals surface area (Å²) in [6.45, 7) is 0.855. The minimum absolute atomic E-state index is 0.175. The molecule has 0 saturated heterocycles. The molecule has 5 nitrogen and oxygen atoms in total. The molecule has 2 N–H and O–H groups in total. The predicted molar refractivity (Wildman–Crippen MR) is 76.2 cm³/mol. The van der Waals surface area contributed by atoms with E-state index >= 15 is 0 Å². The Morgan fingerprint density at radius 3 is 2.95 bits per heavy atom. The van der Waals surface area contributed by atoms with E-state index < -0.39 is 0 Å². The summed E-state index contributed by atoms with van der Waals surface area (Å²) in [4.78, 5) is 11.9. The summed E-state index contributed by atoms with van der Waals surface area (Å²) in [5.41, 5.74) is 5.62. The van der Waals surface area contributed by atoms with Gasteiger partial charge in [0.05, 0.1) is 17.2 Å². The molecule has 2 rings (SSSR count). The van der Waals surface area contributed by atoms with Crippen molar-refractivity contribution in [2.75, 3.05) is 13.2 Å². The lowest BCUT2D eigenvalue weighted by atomic mass is 10.2. The molecule has 1 aromatic heterocycles. The van der Waals surface area contributed by atoms with Gasteiger partial charge in [-0.05, 0) is 27.6 Å². The molecule has 2 aromatic rings. The zero-order valence-corrected chi connectivity index (χ0v) is 12.1. The molecule has 0 spiro atoms. The van der Waals surface area contributed by atoms with Crippen molar-refractivity contribution in [1.82, 2.24) is 9.78 Å². The van der Waals surface area contributed by atoms with Crippen molar-refractivity contribution in [1.29, 1.82) is 0 Å². The van der Waals surface area contributed by atoms with Crippen LogP contribution in [0.15, 0.2) is 39.7 Å². The van der Waals surface area contributed by atoms with Crippen molar-refractivity contribution in [3.63, 3.8) is 0 Å². The maximum Gasteiger partial charge on any atom is 0.270 e. The highest BCUT2D eigenvalue weighted by Crippen LogP contribution is 2.20. The van der Waals surface area contributed by atoms with Gasteiger partial charge in [0.1, 0.15) is 18.2 Å². The SMILES string of the molecule is NCCOc1cnn(Cc2cccc(F)c2Br)c(=O)c1. The molecule has 0 aliphatic rings. The maximum absolute atomic E-state index is 13.4. The Morgan fingerprint density at radius 2 is 2.25 bits per heavy atom. The first-order chi connectivity index (χ1) is 9.61. The van der Waals surface area contributed by atoms with Crippen molar-refractivity contribution in [3.8, 4) is 5.75 Å². The third-order valence-corrected chi connectivity index (χ3v) is 3.47. The molecule has 0 radical (unpaired) electrons. The van der Waals surface area contributed by atoms with Crippen LogP contribution in [0.4, 0.5) is 4.39 Å². The van der Waals surface area contributed by atoms with Crippen molar-refractivity contribution >= 4 is 15.9 Å². The molecule has 20 heavy (non-hydrogen) atoms. The van der Waals surface area contributed by atoms with Crippen LogP contribution in [0.25, 0.3) is 0 Å². The molecule has 0 unspecified atom stereocenters. The number of hydrogen-bond donors (Lipinski definition) is 1. The van der Waals surface area contributed by atoms with E-state index in [9.17, 15) is 9.18 Å². The Labute approximate surface area is 123 Å². The van der Waals surface area contributed by atoms with E-state index in [1.54, 1.807) is 12.1 Å². The summed E-state index contributed by atoms with van der Waals surface area (Å²) in [6.07, 6.45) is 1.43. The molecule has 7 heteroatoms. The summed E-state index contributed by atoms with van der Waals surface area (Å²) < 4.78 is 20.2. The van der Waals surface area contributed by atoms with E-state index in [1.807, 2.05) is 0 Å². The number of aromatic nitrogens is 2. The molecule has 0 amide bonds. The third kappa shape index (κ3) is 3.43. The highest BCUT2D eigenvalue weighted by molar-refractivity contribution is 9.10. The topological polar surface area (TPSA) is 70.1 Å². The quantitative estimate of drug-likeness (QED) is 0.895. The number of nitrogens with two attached hydrogens (primary N) is 1. The standard InChI is InChI=1S/C13H13BrFN3O2/c14-13-9(2-1-3-11(13)15)8-18-12(19)6-10(7-17-18)20-5-4-16/h1-3,6-7H,4-5,8,16H2. The number of hydrogen-bond acceptors (Lipinski definition) is 4. The molecule has 106 valence electrons. The van der Waals surface area contributed by atoms with Crippen molar-refractivity contribution < 1.29 is 9.13 Å². The van der Waals surface area contributed by atoms with Crippen molar-refractivity contribution in [2.45, 2.75) is 6.54 Å². The molecule has 0 saturated carbocycles. The van der Waals surface area contributed by atoms with Gasteiger partial charge in [-0.25, -0.2) is 9.07 Å². The molecular weight excluding hydrogens is 329 g/mol. The third-order valence-electron chi connectivity index (χ3n) is 2.58. The number of ether oxygens (including phenoxy) is 1. The van der Waals surface area contributed by atoms with E-state index in [2.05, 4.69) is 21.0 Å². The van der Waals surface area contributed by atoms with Gasteiger partial charge in [-0.15, -0.1) is 0 Å². The second kappa shape index (κ2) is 6.62. The smallest absolute Gasteiger partial charge is 0.270 e. The Hall–Kier alpha value is -1.73. The van der Waals surface area contributed by atoms with Gasteiger partial charge < -0.3 is 10.5 Å². The first-order valence-corrected chi connectivity index (χ1v) is 6.74. The Kier molecular flexibility index (Phi) is 4.86. The van der Waals surface area contributed by atoms with Gasteiger partial charge in [0.25, 0.3) is 5.56 Å². The van der Waals surface area contributed by atoms with E-state index in [1.165, 1.54) is 23.0 Å². The van der Waals surface area contributed by atoms with Gasteiger partial charge in [0, 0.05) is 12.6 Å². The van der Waals surface area contributed by atoms with E-state index in [0.717, 1.165) is 0 Å². The van der Waals surface area contributed by atoms with E-state index in [-0.39, 0.29) is 17.9 Å². The Morgan fingerprint density at radius 1 is 1.45 bits per heavy atom. The summed E-state index contributed by atoms with van der Waals surface area (Å²) in [5.74, 6) is -0.00606. The minimum atomic E-state index is -0.376. The van der Waals surface area contributed by atoms with Crippen LogP contribution in [-0.2, 0) is 6.54 Å². The predicted octanol–water partition coefficient (Wildman–Crippen LogP) is 1.53. The average Bonchev–Trinajstić information content (AvgIpc) is 2.44. The van der Waals surface area contributed by atoms with E-state index in [0.29, 0.717) is 28.9 Å². The summed E-state index contributed by atoms with van der Waals surface area (Å²) in [6, 6.07) is 5.97. The fraction of sp³-hybridized carbons (Fsp3) is 0.231. The van der Waals surface area contributed by atoms with Crippen LogP contribution < -0.4 is 16.0 Å². The molecular formula is C13H13BrFN3O2. The van der Waals surface area contributed by atoms with Crippen LogP contribution in [0.5, 0.6) is 5.75 Å². The molecule has 0 aliphatic carbocycles. The minimum Gasteiger partial charge on any atom is -0.490 e. The number of benzene rings is 1. The molecule has 0 atom stereocenters. The second-order valence-corrected chi connectivity index (χ2v) is 4.83. The summed E-state index contributed by atoms with van der Waals surface area (Å²) >= 11 is 3.15. The molecule has 0 bridgehead atoms. The second-order valence-electron chi connectivity index (χ2n) is 4.04. The normalized spacial score (nSPS) is 10.6. The number of nitrogens with zero attached hydrogens (tertiary/aromatic N) is 2. The van der Waals surface area contributed by atoms with Crippen LogP contribution in [0, 0.1) is 5.82 Å². The van der Waals surface area contributed by atoms with Crippen molar-refractivity contribution in [3.05, 3.63) is 56.7 Å². The molecule has 0 aliphatic heterocycles. The van der Waals surface area contributed by atoms with Crippen LogP contribution >= 0.6 is 15.9 Å². The number of rotatable bonds is 5. The largest absolute Gasteiger partial charge is 0.490 e. The zero-order valence-electron chi connectivity index (χ0n) is 10.6. The molecule has 1 aromatic carbocycles. The van der Waals surface area contributed by atoms with Gasteiger partial charge in [-0.1, -0.05) is 12.1 Å². The highest BCUT2D eigenvalue weighted by atomic mass is 79.9. The van der Waals surface area contributed by atoms with Gasteiger partial charge in [0.2, 0.25) is 0 Å². The average molecular weight is 342 g/mol. The molecule has 1 heterocycles. The summed E-state index contributed by atoms with van der Waals surface area (Å²) in [5, 5.41) is 3.99. The fourth-order valence-electron chi connectivity index (χ4n) is 1.62. The molecule has 0 fully saturated rings. The fourth-order valence-corrected chi connectivity index (χ4v) is 2.01. The van der Waals surface area contributed by atoms with Crippen LogP contribution in [0.2, 0.25) is 0 Å². The Balaban J connectivity index is 2.22. The zero-order chi connectivity index (χ0) is 14.5. The maximum atomic E-state index is 13.4. The van der Waals surface area contributed by atoms with Crippen molar-refractivity contribution in [2.24, 2.45) is 5.73 Å². The lowest BCUT2D eigenvalue weighted by Gasteiger charge is -2.08. The first-order valence-electron chi connectivity index (χ1n) is 5.94. The van der Waals surface area contributed by atoms with E-state index in [4.69, 9.17) is 10.5 Å². The van der Waals surface area contributed by atoms with Crippen LogP contribution in [0.3, 0.4) is 0 Å². The van der Waals surface area contributed by atoms with Gasteiger partial charge in [0.15, 0.2) is 0 Å². The Bertz CT molecular complexity index is 660. The highest BCUT2D eigenvalue weighted by Gasteiger charge is 2.08. The first kappa shape index (κ1) is 14.7. The summed E-state index contributed by atoms with van der Waals surface area (Å²) in [7, 11) is 0. The number of halogens is 2. The van der Waals surface area contributed by atoms with Gasteiger partial charge in [-0.2, -0.15) is 5.10 Å². The van der Waals surface area contributed by atoms with Gasteiger partial charge in [-0.3, -0.25) is 4.79 Å². The lowest BCUT2D eigenvalue weighted by molar-refractivity contribution is 0.324. The lowest BCUT2D eigenvalue weighted by Crippen LogP contribution is -2.23. The monoisotopic (exact) mass is 341 g/mol. The van der Waals surface area contributed by atoms with Crippen LogP contribution in [-0.4, -0.2) is 22.9 Å². The van der Waals surface area contributed by atoms with Gasteiger partial charge >= 0.3 is 0 Å².